The topological polar surface area (TPSA) is 3.24 Å². The van der Waals surface area contributed by atoms with Gasteiger partial charge in [0.1, 0.15) is 0 Å². The Morgan fingerprint density at radius 3 is 2.00 bits per heavy atom. The Balaban J connectivity index is 1.49. The summed E-state index contributed by atoms with van der Waals surface area (Å²) in [5.74, 6) is 0.607. The highest BCUT2D eigenvalue weighted by molar-refractivity contribution is 6.41. The van der Waals surface area contributed by atoms with Crippen molar-refractivity contribution in [2.45, 2.75) is 50.9 Å². The second kappa shape index (κ2) is 9.94. The van der Waals surface area contributed by atoms with Crippen molar-refractivity contribution < 1.29 is 0 Å². The number of allylic oxidation sites excluding steroid dienone is 1. The number of hydrogen-bond acceptors (Lipinski definition) is 1. The number of piperidine rings is 1. The number of rotatable bonds is 3. The first kappa shape index (κ1) is 25.7. The smallest absolute Gasteiger partial charge is 0.0446 e. The van der Waals surface area contributed by atoms with Crippen LogP contribution in [0.4, 0.5) is 5.69 Å². The molecule has 1 saturated heterocycles. The van der Waals surface area contributed by atoms with Crippen molar-refractivity contribution in [3.8, 4) is 22.3 Å². The van der Waals surface area contributed by atoms with E-state index in [1.807, 2.05) is 0 Å². The van der Waals surface area contributed by atoms with E-state index in [0.717, 1.165) is 25.9 Å². The average Bonchev–Trinajstić information content (AvgIpc) is 3.51. The maximum absolute atomic E-state index is 2.64. The molecule has 0 spiro atoms. The molecule has 0 N–H and O–H groups in total. The van der Waals surface area contributed by atoms with E-state index >= 15 is 0 Å². The van der Waals surface area contributed by atoms with E-state index in [9.17, 15) is 0 Å². The zero-order chi connectivity index (χ0) is 29.5. The zero-order valence-electron chi connectivity index (χ0n) is 25.8. The molecule has 0 radical (unpaired) electrons. The zero-order valence-corrected chi connectivity index (χ0v) is 25.8. The van der Waals surface area contributed by atoms with Crippen molar-refractivity contribution in [3.63, 3.8) is 0 Å². The molecule has 0 aromatic heterocycles. The third-order valence-corrected chi connectivity index (χ3v) is 11.2. The summed E-state index contributed by atoms with van der Waals surface area (Å²) >= 11 is 0. The molecular weight excluding hydrogens is 542 g/mol. The summed E-state index contributed by atoms with van der Waals surface area (Å²) in [6.45, 7) is 2.31. The van der Waals surface area contributed by atoms with Crippen LogP contribution in [0.25, 0.3) is 77.5 Å². The highest BCUT2D eigenvalue weighted by Crippen LogP contribution is 2.54. The lowest BCUT2D eigenvalue weighted by Gasteiger charge is -2.30. The average molecular weight is 580 g/mol. The lowest BCUT2D eigenvalue weighted by Crippen LogP contribution is -2.29. The fourth-order valence-electron chi connectivity index (χ4n) is 9.41. The molecular formula is C44H37N. The van der Waals surface area contributed by atoms with Gasteiger partial charge in [-0.1, -0.05) is 103 Å². The highest BCUT2D eigenvalue weighted by atomic mass is 15.1. The molecule has 7 aromatic rings. The number of anilines is 1. The van der Waals surface area contributed by atoms with E-state index in [1.54, 1.807) is 5.56 Å². The van der Waals surface area contributed by atoms with E-state index < -0.39 is 0 Å². The molecule has 45 heavy (non-hydrogen) atoms. The molecule has 1 aliphatic heterocycles. The number of fused-ring (bicyclic) bond motifs is 6. The van der Waals surface area contributed by atoms with Gasteiger partial charge in [-0.05, 0) is 133 Å². The number of nitrogens with zero attached hydrogens (tertiary/aromatic N) is 1. The van der Waals surface area contributed by atoms with Gasteiger partial charge in [-0.3, -0.25) is 0 Å². The molecule has 1 heteroatoms. The lowest BCUT2D eigenvalue weighted by molar-refractivity contribution is 0.579. The van der Waals surface area contributed by atoms with Gasteiger partial charge in [0.15, 0.2) is 0 Å². The van der Waals surface area contributed by atoms with Crippen molar-refractivity contribution in [2.24, 2.45) is 0 Å². The molecule has 10 rings (SSSR count). The van der Waals surface area contributed by atoms with Crippen LogP contribution in [0.3, 0.4) is 0 Å². The van der Waals surface area contributed by atoms with Crippen LogP contribution in [0.5, 0.6) is 0 Å². The standard InChI is InChI=1S/C44H37N/c1-4-14-29(15-5-1)38-41-32-20-9-8-18-28-19-12-22-33(37(28)32)42(41)39(30-16-6-2-7-17-30)44-35-24-25-36(45-26-10-3-11-27-45)31-21-13-23-34(40(31)35)43(38)44/h1-2,4-7,12-17,20-25,28H,3,8-11,18-19,26-27H2. The molecule has 0 saturated carbocycles. The van der Waals surface area contributed by atoms with Crippen LogP contribution in [0.1, 0.15) is 62.0 Å². The monoisotopic (exact) mass is 579 g/mol. The van der Waals surface area contributed by atoms with Gasteiger partial charge in [0.05, 0.1) is 0 Å². The number of hydrogen-bond donors (Lipinski definition) is 0. The quantitative estimate of drug-likeness (QED) is 0.201. The van der Waals surface area contributed by atoms with Gasteiger partial charge in [-0.25, -0.2) is 0 Å². The van der Waals surface area contributed by atoms with Crippen LogP contribution in [0, 0.1) is 0 Å². The van der Waals surface area contributed by atoms with E-state index in [1.165, 1.54) is 114 Å². The molecule has 1 atom stereocenters. The third-order valence-electron chi connectivity index (χ3n) is 11.2. The van der Waals surface area contributed by atoms with Crippen molar-refractivity contribution in [2.75, 3.05) is 18.0 Å². The minimum Gasteiger partial charge on any atom is -0.371 e. The second-order valence-electron chi connectivity index (χ2n) is 13.6. The fraction of sp³-hybridized carbons (Fsp3) is 0.227. The van der Waals surface area contributed by atoms with E-state index in [4.69, 9.17) is 0 Å². The summed E-state index contributed by atoms with van der Waals surface area (Å²) in [6, 6.07) is 34.6. The number of benzene rings is 5. The fourth-order valence-corrected chi connectivity index (χ4v) is 9.41. The van der Waals surface area contributed by atoms with Crippen molar-refractivity contribution in [1.29, 1.82) is 0 Å². The molecule has 1 heterocycles. The first-order valence-electron chi connectivity index (χ1n) is 17.2. The van der Waals surface area contributed by atoms with Crippen LogP contribution in [0.2, 0.25) is 0 Å². The van der Waals surface area contributed by atoms with E-state index in [-0.39, 0.29) is 0 Å². The Labute approximate surface area is 264 Å². The minimum atomic E-state index is 0.607. The summed E-state index contributed by atoms with van der Waals surface area (Å²) in [5, 5.41) is 13.0. The molecule has 1 nitrogen and oxygen atoms in total. The van der Waals surface area contributed by atoms with Gasteiger partial charge in [0, 0.05) is 24.2 Å². The van der Waals surface area contributed by atoms with Crippen molar-refractivity contribution >= 4 is 60.9 Å². The normalized spacial score (nSPS) is 18.1. The molecule has 0 bridgehead atoms. The molecule has 0 amide bonds. The maximum Gasteiger partial charge on any atom is 0.0446 e. The Bertz CT molecular complexity index is 2340. The molecule has 7 aromatic carbocycles. The van der Waals surface area contributed by atoms with E-state index in [2.05, 4.69) is 114 Å². The molecule has 218 valence electrons. The maximum atomic E-state index is 2.64. The predicted molar refractivity (Wildman–Crippen MR) is 195 cm³/mol. The minimum absolute atomic E-state index is 0.607. The first-order valence-corrected chi connectivity index (χ1v) is 17.2. The highest BCUT2D eigenvalue weighted by Gasteiger charge is 2.31. The van der Waals surface area contributed by atoms with E-state index in [0.29, 0.717) is 5.92 Å². The Kier molecular flexibility index (Phi) is 5.67. The van der Waals surface area contributed by atoms with Crippen molar-refractivity contribution in [3.05, 3.63) is 113 Å². The van der Waals surface area contributed by atoms with Gasteiger partial charge in [0.2, 0.25) is 0 Å². The van der Waals surface area contributed by atoms with Crippen LogP contribution in [-0.2, 0) is 0 Å². The van der Waals surface area contributed by atoms with Crippen LogP contribution in [-0.4, -0.2) is 13.1 Å². The lowest BCUT2D eigenvalue weighted by atomic mass is 9.84. The van der Waals surface area contributed by atoms with Gasteiger partial charge in [-0.2, -0.15) is 0 Å². The Hall–Kier alpha value is -4.62. The first-order chi connectivity index (χ1) is 22.4. The predicted octanol–water partition coefficient (Wildman–Crippen LogP) is 11.2. The summed E-state index contributed by atoms with van der Waals surface area (Å²) < 4.78 is 0. The van der Waals surface area contributed by atoms with Crippen LogP contribution in [0.15, 0.2) is 97.1 Å². The summed E-state index contributed by atoms with van der Waals surface area (Å²) in [7, 11) is 0. The van der Waals surface area contributed by atoms with Gasteiger partial charge < -0.3 is 4.90 Å². The second-order valence-corrected chi connectivity index (χ2v) is 13.6. The molecule has 1 unspecified atom stereocenters. The summed E-state index contributed by atoms with van der Waals surface area (Å²) in [5.41, 5.74) is 10.0. The third kappa shape index (κ3) is 3.61. The van der Waals surface area contributed by atoms with Gasteiger partial charge in [0.25, 0.3) is 0 Å². The Morgan fingerprint density at radius 2 is 1.24 bits per heavy atom. The van der Waals surface area contributed by atoms with Crippen LogP contribution >= 0.6 is 0 Å². The largest absolute Gasteiger partial charge is 0.371 e. The SMILES string of the molecule is C1=Cc2c3c(c4c(-c5ccccc5)c5c6cccc7c(N8CCCCC8)ccc(c5c(-c5ccccc5)c24)c76)=CCCCC3C1. The van der Waals surface area contributed by atoms with Gasteiger partial charge in [-0.15, -0.1) is 0 Å². The molecule has 2 aliphatic carbocycles. The summed E-state index contributed by atoms with van der Waals surface area (Å²) in [4.78, 5) is 2.64. The molecule has 3 aliphatic rings. The Morgan fingerprint density at radius 1 is 0.556 bits per heavy atom. The van der Waals surface area contributed by atoms with Crippen molar-refractivity contribution in [1.82, 2.24) is 0 Å². The van der Waals surface area contributed by atoms with Gasteiger partial charge >= 0.3 is 0 Å². The molecule has 1 fully saturated rings. The van der Waals surface area contributed by atoms with Crippen LogP contribution < -0.4 is 10.1 Å². The summed E-state index contributed by atoms with van der Waals surface area (Å²) in [6.07, 6.45) is 16.3.